The first kappa shape index (κ1) is 10.8. The lowest BCUT2D eigenvalue weighted by molar-refractivity contribution is -0.136. The van der Waals surface area contributed by atoms with E-state index in [1.807, 2.05) is 12.1 Å². The van der Waals surface area contributed by atoms with Crippen LogP contribution in [0.5, 0.6) is 0 Å². The van der Waals surface area contributed by atoms with Crippen molar-refractivity contribution in [3.8, 4) is 0 Å². The molecule has 0 bridgehead atoms. The Labute approximate surface area is 90.6 Å². The molecule has 0 aromatic heterocycles. The highest BCUT2D eigenvalue weighted by atomic mass is 79.9. The van der Waals surface area contributed by atoms with Crippen molar-refractivity contribution in [2.75, 3.05) is 5.32 Å². The third-order valence-corrected chi connectivity index (χ3v) is 2.20. The van der Waals surface area contributed by atoms with E-state index in [4.69, 9.17) is 5.11 Å². The van der Waals surface area contributed by atoms with Gasteiger partial charge < -0.3 is 10.4 Å². The zero-order valence-corrected chi connectivity index (χ0v) is 8.99. The van der Waals surface area contributed by atoms with Crippen LogP contribution in [0.25, 0.3) is 0 Å². The summed E-state index contributed by atoms with van der Waals surface area (Å²) in [5.74, 6) is -0.942. The van der Waals surface area contributed by atoms with Gasteiger partial charge in [0.1, 0.15) is 6.04 Å². The van der Waals surface area contributed by atoms with Crippen molar-refractivity contribution in [3.63, 3.8) is 0 Å². The van der Waals surface area contributed by atoms with Crippen LogP contribution >= 0.6 is 15.9 Å². The number of hydrogen-bond donors (Lipinski definition) is 2. The summed E-state index contributed by atoms with van der Waals surface area (Å²) in [4.78, 5) is 10.7. The summed E-state index contributed by atoms with van der Waals surface area (Å²) in [5.41, 5.74) is 0.750. The number of aliphatic carboxylic acids is 1. The molecule has 0 aliphatic rings. The summed E-state index contributed by atoms with van der Waals surface area (Å²) in [7, 11) is 0. The van der Waals surface area contributed by atoms with Gasteiger partial charge in [0.15, 0.2) is 0 Å². The summed E-state index contributed by atoms with van der Waals surface area (Å²) < 4.78 is 0.952. The van der Waals surface area contributed by atoms with E-state index in [0.29, 0.717) is 0 Å². The van der Waals surface area contributed by atoms with Crippen LogP contribution in [-0.2, 0) is 4.79 Å². The fourth-order valence-corrected chi connectivity index (χ4v) is 1.21. The molecule has 1 aromatic carbocycles. The molecule has 0 spiro atoms. The minimum Gasteiger partial charge on any atom is -0.479 e. The van der Waals surface area contributed by atoms with Crippen LogP contribution in [0.3, 0.4) is 0 Å². The van der Waals surface area contributed by atoms with Gasteiger partial charge in [-0.3, -0.25) is 0 Å². The van der Waals surface area contributed by atoms with Gasteiger partial charge in [-0.05, 0) is 24.3 Å². The minimum atomic E-state index is -0.942. The van der Waals surface area contributed by atoms with Gasteiger partial charge in [0.2, 0.25) is 0 Å². The fraction of sp³-hybridized carbons (Fsp3) is 0.100. The molecule has 14 heavy (non-hydrogen) atoms. The lowest BCUT2D eigenvalue weighted by Crippen LogP contribution is -2.26. The van der Waals surface area contributed by atoms with Crippen LogP contribution in [0.4, 0.5) is 5.69 Å². The lowest BCUT2D eigenvalue weighted by Gasteiger charge is -2.11. The smallest absolute Gasteiger partial charge is 0.330 e. The number of carbonyl (C=O) groups is 1. The maximum absolute atomic E-state index is 10.7. The Bertz CT molecular complexity index is 334. The Balaban J connectivity index is 2.72. The molecule has 0 radical (unpaired) electrons. The molecule has 0 saturated carbocycles. The molecule has 1 rings (SSSR count). The third kappa shape index (κ3) is 2.88. The number of rotatable bonds is 4. The predicted molar refractivity (Wildman–Crippen MR) is 59.4 cm³/mol. The van der Waals surface area contributed by atoms with Crippen molar-refractivity contribution in [2.24, 2.45) is 0 Å². The van der Waals surface area contributed by atoms with E-state index in [9.17, 15) is 4.79 Å². The monoisotopic (exact) mass is 255 g/mol. The third-order valence-electron chi connectivity index (χ3n) is 1.67. The average molecular weight is 256 g/mol. The predicted octanol–water partition coefficient (Wildman–Crippen LogP) is 2.50. The highest BCUT2D eigenvalue weighted by Gasteiger charge is 2.11. The summed E-state index contributed by atoms with van der Waals surface area (Å²) in [6.45, 7) is 3.44. The maximum Gasteiger partial charge on any atom is 0.330 e. The largest absolute Gasteiger partial charge is 0.479 e. The van der Waals surface area contributed by atoms with Crippen molar-refractivity contribution in [3.05, 3.63) is 41.4 Å². The molecule has 3 nitrogen and oxygen atoms in total. The molecule has 0 fully saturated rings. The normalized spacial score (nSPS) is 11.8. The second kappa shape index (κ2) is 4.81. The van der Waals surface area contributed by atoms with Crippen LogP contribution in [0, 0.1) is 0 Å². The van der Waals surface area contributed by atoms with Crippen LogP contribution in [0.2, 0.25) is 0 Å². The van der Waals surface area contributed by atoms with Gasteiger partial charge in [-0.15, -0.1) is 6.58 Å². The molecular formula is C10H10BrNO2. The summed E-state index contributed by atoms with van der Waals surface area (Å²) >= 11 is 3.29. The number of carboxylic acids is 1. The average Bonchev–Trinajstić information content (AvgIpc) is 2.16. The molecule has 0 aliphatic heterocycles. The molecule has 1 unspecified atom stereocenters. The van der Waals surface area contributed by atoms with E-state index in [1.165, 1.54) is 6.08 Å². The van der Waals surface area contributed by atoms with Gasteiger partial charge in [0, 0.05) is 10.2 Å². The van der Waals surface area contributed by atoms with E-state index in [1.54, 1.807) is 12.1 Å². The standard InChI is InChI=1S/C10H10BrNO2/c1-2-9(10(13)14)12-8-5-3-7(11)4-6-8/h2-6,9,12H,1H2,(H,13,14). The van der Waals surface area contributed by atoms with Gasteiger partial charge in [-0.2, -0.15) is 0 Å². The van der Waals surface area contributed by atoms with Crippen LogP contribution in [0.1, 0.15) is 0 Å². The SMILES string of the molecule is C=CC(Nc1ccc(Br)cc1)C(=O)O. The summed E-state index contributed by atoms with van der Waals surface area (Å²) in [5, 5.41) is 11.6. The van der Waals surface area contributed by atoms with Crippen molar-refractivity contribution < 1.29 is 9.90 Å². The second-order valence-corrected chi connectivity index (χ2v) is 3.62. The molecule has 2 N–H and O–H groups in total. The molecule has 0 aliphatic carbocycles. The van der Waals surface area contributed by atoms with Gasteiger partial charge in [0.25, 0.3) is 0 Å². The van der Waals surface area contributed by atoms with Crippen molar-refractivity contribution >= 4 is 27.6 Å². The van der Waals surface area contributed by atoms with E-state index < -0.39 is 12.0 Å². The number of benzene rings is 1. The number of anilines is 1. The molecular weight excluding hydrogens is 246 g/mol. The van der Waals surface area contributed by atoms with E-state index in [0.717, 1.165) is 10.2 Å². The second-order valence-electron chi connectivity index (χ2n) is 2.70. The Kier molecular flexibility index (Phi) is 3.71. The van der Waals surface area contributed by atoms with Crippen LogP contribution in [0.15, 0.2) is 41.4 Å². The minimum absolute atomic E-state index is 0.750. The van der Waals surface area contributed by atoms with Gasteiger partial charge in [0.05, 0.1) is 0 Å². The van der Waals surface area contributed by atoms with E-state index in [-0.39, 0.29) is 0 Å². The van der Waals surface area contributed by atoms with Crippen LogP contribution in [-0.4, -0.2) is 17.1 Å². The van der Waals surface area contributed by atoms with Crippen molar-refractivity contribution in [1.29, 1.82) is 0 Å². The van der Waals surface area contributed by atoms with Crippen molar-refractivity contribution in [1.82, 2.24) is 0 Å². The van der Waals surface area contributed by atoms with Crippen LogP contribution < -0.4 is 5.32 Å². The number of nitrogens with one attached hydrogen (secondary N) is 1. The Hall–Kier alpha value is -1.29. The first-order valence-electron chi connectivity index (χ1n) is 4.01. The summed E-state index contributed by atoms with van der Waals surface area (Å²) in [6, 6.07) is 6.51. The van der Waals surface area contributed by atoms with Gasteiger partial charge >= 0.3 is 5.97 Å². The number of halogens is 1. The first-order valence-corrected chi connectivity index (χ1v) is 4.80. The van der Waals surface area contributed by atoms with Crippen molar-refractivity contribution in [2.45, 2.75) is 6.04 Å². The molecule has 74 valence electrons. The molecule has 1 aromatic rings. The Morgan fingerprint density at radius 2 is 2.07 bits per heavy atom. The number of hydrogen-bond acceptors (Lipinski definition) is 2. The summed E-state index contributed by atoms with van der Waals surface area (Å²) in [6.07, 6.45) is 1.35. The molecule has 0 heterocycles. The quantitative estimate of drug-likeness (QED) is 0.813. The molecule has 0 amide bonds. The highest BCUT2D eigenvalue weighted by Crippen LogP contribution is 2.14. The van der Waals surface area contributed by atoms with Gasteiger partial charge in [-0.25, -0.2) is 4.79 Å². The van der Waals surface area contributed by atoms with Gasteiger partial charge in [-0.1, -0.05) is 22.0 Å². The fourth-order valence-electron chi connectivity index (χ4n) is 0.947. The lowest BCUT2D eigenvalue weighted by atomic mass is 10.2. The highest BCUT2D eigenvalue weighted by molar-refractivity contribution is 9.10. The molecule has 0 saturated heterocycles. The Morgan fingerprint density at radius 1 is 1.50 bits per heavy atom. The zero-order chi connectivity index (χ0) is 10.6. The first-order chi connectivity index (χ1) is 6.63. The molecule has 1 atom stereocenters. The maximum atomic E-state index is 10.7. The topological polar surface area (TPSA) is 49.3 Å². The number of carboxylic acid groups (broad SMARTS) is 1. The van der Waals surface area contributed by atoms with E-state index >= 15 is 0 Å². The zero-order valence-electron chi connectivity index (χ0n) is 7.40. The molecule has 4 heteroatoms. The Morgan fingerprint density at radius 3 is 2.50 bits per heavy atom. The van der Waals surface area contributed by atoms with E-state index in [2.05, 4.69) is 27.8 Å².